The van der Waals surface area contributed by atoms with Gasteiger partial charge in [0.1, 0.15) is 10.6 Å². The van der Waals surface area contributed by atoms with Crippen LogP contribution in [0.25, 0.3) is 0 Å². The quantitative estimate of drug-likeness (QED) is 0.496. The van der Waals surface area contributed by atoms with E-state index >= 15 is 0 Å². The van der Waals surface area contributed by atoms with Crippen molar-refractivity contribution in [3.63, 3.8) is 0 Å². The lowest BCUT2D eigenvalue weighted by atomic mass is 10.2. The Balaban J connectivity index is 1.80. The van der Waals surface area contributed by atoms with Crippen LogP contribution >= 0.6 is 0 Å². The van der Waals surface area contributed by atoms with Gasteiger partial charge in [-0.2, -0.15) is 0 Å². The molecule has 3 rings (SSSR count). The molecule has 0 aliphatic rings. The van der Waals surface area contributed by atoms with Crippen molar-refractivity contribution in [3.8, 4) is 5.75 Å². The highest BCUT2D eigenvalue weighted by Gasteiger charge is 2.29. The Kier molecular flexibility index (Phi) is 7.62. The Morgan fingerprint density at radius 2 is 1.67 bits per heavy atom. The van der Waals surface area contributed by atoms with Gasteiger partial charge in [-0.3, -0.25) is 14.6 Å². The second-order valence-corrected chi connectivity index (χ2v) is 8.92. The summed E-state index contributed by atoms with van der Waals surface area (Å²) in [5, 5.41) is 5.58. The summed E-state index contributed by atoms with van der Waals surface area (Å²) in [5.74, 6) is -0.211. The number of nitrogens with zero attached hydrogens (tertiary/aromatic N) is 2. The van der Waals surface area contributed by atoms with E-state index in [4.69, 9.17) is 4.74 Å². The van der Waals surface area contributed by atoms with E-state index in [1.165, 1.54) is 38.6 Å². The number of pyridine rings is 1. The number of sulfonamides is 1. The zero-order valence-corrected chi connectivity index (χ0v) is 19.0. The normalized spacial score (nSPS) is 10.8. The Hall–Kier alpha value is -3.92. The number of carbonyl (C=O) groups is 2. The van der Waals surface area contributed by atoms with Crippen molar-refractivity contribution in [2.75, 3.05) is 24.3 Å². The van der Waals surface area contributed by atoms with Gasteiger partial charge in [-0.15, -0.1) is 0 Å². The van der Waals surface area contributed by atoms with Crippen molar-refractivity contribution in [1.82, 2.24) is 9.29 Å². The number of anilines is 2. The second kappa shape index (κ2) is 10.6. The third-order valence-electron chi connectivity index (χ3n) is 4.63. The maximum absolute atomic E-state index is 13.2. The second-order valence-electron chi connectivity index (χ2n) is 7.05. The molecule has 0 radical (unpaired) electrons. The SMILES string of the molecule is COc1ccc(CN(C(=O)CNc2ccc(NC(C)=O)cc2)S(=O)(=O)c2cccnc2)cc1. The Bertz CT molecular complexity index is 1200. The molecule has 1 aromatic heterocycles. The summed E-state index contributed by atoms with van der Waals surface area (Å²) in [7, 11) is -2.60. The van der Waals surface area contributed by atoms with Crippen molar-refractivity contribution in [3.05, 3.63) is 78.6 Å². The van der Waals surface area contributed by atoms with Crippen molar-refractivity contribution in [2.45, 2.75) is 18.4 Å². The molecule has 0 aliphatic heterocycles. The number of carbonyl (C=O) groups excluding carboxylic acids is 2. The average molecular weight is 469 g/mol. The van der Waals surface area contributed by atoms with Gasteiger partial charge in [-0.1, -0.05) is 12.1 Å². The minimum absolute atomic E-state index is 0.0773. The smallest absolute Gasteiger partial charge is 0.268 e. The van der Waals surface area contributed by atoms with Gasteiger partial charge >= 0.3 is 0 Å². The molecule has 0 spiro atoms. The number of amides is 2. The monoisotopic (exact) mass is 468 g/mol. The molecule has 0 saturated heterocycles. The highest BCUT2D eigenvalue weighted by atomic mass is 32.2. The molecule has 3 aromatic rings. The summed E-state index contributed by atoms with van der Waals surface area (Å²) in [6.07, 6.45) is 2.67. The van der Waals surface area contributed by atoms with E-state index in [-0.39, 0.29) is 23.9 Å². The molecule has 2 amide bonds. The maximum atomic E-state index is 13.2. The van der Waals surface area contributed by atoms with E-state index in [0.29, 0.717) is 22.7 Å². The number of ether oxygens (including phenoxy) is 1. The van der Waals surface area contributed by atoms with Crippen LogP contribution in [0.4, 0.5) is 11.4 Å². The predicted molar refractivity (Wildman–Crippen MR) is 124 cm³/mol. The van der Waals surface area contributed by atoms with Crippen molar-refractivity contribution >= 4 is 33.2 Å². The van der Waals surface area contributed by atoms with Gasteiger partial charge in [-0.25, -0.2) is 12.7 Å². The highest BCUT2D eigenvalue weighted by Crippen LogP contribution is 2.20. The van der Waals surface area contributed by atoms with Crippen molar-refractivity contribution in [1.29, 1.82) is 0 Å². The molecule has 9 nitrogen and oxygen atoms in total. The van der Waals surface area contributed by atoms with E-state index in [2.05, 4.69) is 15.6 Å². The molecular weight excluding hydrogens is 444 g/mol. The molecule has 0 saturated carbocycles. The third-order valence-corrected chi connectivity index (χ3v) is 6.39. The first-order valence-corrected chi connectivity index (χ1v) is 11.4. The minimum Gasteiger partial charge on any atom is -0.497 e. The molecule has 0 unspecified atom stereocenters. The summed E-state index contributed by atoms with van der Waals surface area (Å²) in [6, 6.07) is 16.4. The maximum Gasteiger partial charge on any atom is 0.268 e. The number of methoxy groups -OCH3 is 1. The molecule has 33 heavy (non-hydrogen) atoms. The number of hydrogen-bond donors (Lipinski definition) is 2. The number of benzene rings is 2. The standard InChI is InChI=1S/C23H24N4O5S/c1-17(28)26-20-9-7-19(8-10-20)25-15-23(29)27(16-18-5-11-21(32-2)12-6-18)33(30,31)22-4-3-13-24-14-22/h3-14,25H,15-16H2,1-2H3,(H,26,28). The molecular formula is C23H24N4O5S. The lowest BCUT2D eigenvalue weighted by Gasteiger charge is -2.23. The average Bonchev–Trinajstić information content (AvgIpc) is 2.82. The molecule has 0 atom stereocenters. The molecule has 1 heterocycles. The topological polar surface area (TPSA) is 118 Å². The lowest BCUT2D eigenvalue weighted by molar-refractivity contribution is -0.125. The minimum atomic E-state index is -4.14. The summed E-state index contributed by atoms with van der Waals surface area (Å²) in [5.41, 5.74) is 1.83. The van der Waals surface area contributed by atoms with Crippen LogP contribution in [-0.2, 0) is 26.2 Å². The number of hydrogen-bond acceptors (Lipinski definition) is 7. The summed E-state index contributed by atoms with van der Waals surface area (Å²) in [4.78, 5) is 28.0. The van der Waals surface area contributed by atoms with Crippen LogP contribution in [-0.4, -0.2) is 43.2 Å². The zero-order chi connectivity index (χ0) is 23.8. The fourth-order valence-electron chi connectivity index (χ4n) is 2.97. The Morgan fingerprint density at radius 3 is 2.24 bits per heavy atom. The summed E-state index contributed by atoms with van der Waals surface area (Å²) < 4.78 is 32.4. The van der Waals surface area contributed by atoms with Gasteiger partial charge in [0.15, 0.2) is 0 Å². The lowest BCUT2D eigenvalue weighted by Crippen LogP contribution is -2.39. The van der Waals surface area contributed by atoms with Crippen LogP contribution < -0.4 is 15.4 Å². The van der Waals surface area contributed by atoms with Gasteiger partial charge in [0.05, 0.1) is 20.2 Å². The van der Waals surface area contributed by atoms with Crippen LogP contribution in [0, 0.1) is 0 Å². The Morgan fingerprint density at radius 1 is 1.00 bits per heavy atom. The first kappa shape index (κ1) is 23.7. The molecule has 0 fully saturated rings. The van der Waals surface area contributed by atoms with Crippen LogP contribution in [0.2, 0.25) is 0 Å². The van der Waals surface area contributed by atoms with Crippen molar-refractivity contribution in [2.24, 2.45) is 0 Å². The van der Waals surface area contributed by atoms with Gasteiger partial charge in [0, 0.05) is 30.7 Å². The van der Waals surface area contributed by atoms with Crippen LogP contribution in [0.15, 0.2) is 78.0 Å². The van der Waals surface area contributed by atoms with E-state index in [1.807, 2.05) is 0 Å². The zero-order valence-electron chi connectivity index (χ0n) is 18.2. The Labute approximate surface area is 192 Å². The van der Waals surface area contributed by atoms with Crippen LogP contribution in [0.5, 0.6) is 5.75 Å². The van der Waals surface area contributed by atoms with Gasteiger partial charge in [-0.05, 0) is 54.1 Å². The molecule has 0 bridgehead atoms. The van der Waals surface area contributed by atoms with E-state index in [9.17, 15) is 18.0 Å². The molecule has 0 aliphatic carbocycles. The molecule has 172 valence electrons. The molecule has 2 N–H and O–H groups in total. The first-order chi connectivity index (χ1) is 15.8. The number of nitrogens with one attached hydrogen (secondary N) is 2. The molecule has 2 aromatic carbocycles. The molecule has 10 heteroatoms. The van der Waals surface area contributed by atoms with Gasteiger partial charge < -0.3 is 15.4 Å². The number of rotatable bonds is 9. The van der Waals surface area contributed by atoms with Crippen LogP contribution in [0.1, 0.15) is 12.5 Å². The largest absolute Gasteiger partial charge is 0.497 e. The fraction of sp³-hybridized carbons (Fsp3) is 0.174. The van der Waals surface area contributed by atoms with E-state index in [1.54, 1.807) is 48.5 Å². The first-order valence-electron chi connectivity index (χ1n) is 9.99. The van der Waals surface area contributed by atoms with E-state index < -0.39 is 15.9 Å². The predicted octanol–water partition coefficient (Wildman–Crippen LogP) is 2.88. The fourth-order valence-corrected chi connectivity index (χ4v) is 4.32. The third kappa shape index (κ3) is 6.30. The van der Waals surface area contributed by atoms with Crippen LogP contribution in [0.3, 0.4) is 0 Å². The summed E-state index contributed by atoms with van der Waals surface area (Å²) >= 11 is 0. The summed E-state index contributed by atoms with van der Waals surface area (Å²) in [6.45, 7) is 1.00. The van der Waals surface area contributed by atoms with Gasteiger partial charge in [0.25, 0.3) is 15.9 Å². The van der Waals surface area contributed by atoms with Crippen molar-refractivity contribution < 1.29 is 22.7 Å². The van der Waals surface area contributed by atoms with E-state index in [0.717, 1.165) is 4.31 Å². The highest BCUT2D eigenvalue weighted by molar-refractivity contribution is 7.89. The number of aromatic nitrogens is 1. The van der Waals surface area contributed by atoms with Gasteiger partial charge in [0.2, 0.25) is 5.91 Å².